The molecule has 1 atom stereocenters. The fourth-order valence-corrected chi connectivity index (χ4v) is 4.58. The molecule has 0 saturated heterocycles. The van der Waals surface area contributed by atoms with E-state index in [9.17, 15) is 13.2 Å². The quantitative estimate of drug-likeness (QED) is 0.575. The highest BCUT2D eigenvalue weighted by Crippen LogP contribution is 2.25. The number of amides is 1. The highest BCUT2D eigenvalue weighted by Gasteiger charge is 2.28. The molecular formula is C23H21ClN2O3S. The van der Waals surface area contributed by atoms with E-state index in [2.05, 4.69) is 10.0 Å². The van der Waals surface area contributed by atoms with Gasteiger partial charge in [0.2, 0.25) is 10.0 Å². The topological polar surface area (TPSA) is 75.3 Å². The van der Waals surface area contributed by atoms with Crippen molar-refractivity contribution >= 4 is 27.5 Å². The number of carbonyl (C=O) groups is 1. The molecule has 154 valence electrons. The number of sulfonamides is 1. The first-order valence-corrected chi connectivity index (χ1v) is 11.5. The Hall–Kier alpha value is -2.67. The number of halogens is 1. The van der Waals surface area contributed by atoms with Crippen LogP contribution < -0.4 is 10.0 Å². The summed E-state index contributed by atoms with van der Waals surface area (Å²) in [5.41, 5.74) is 2.21. The maximum atomic E-state index is 12.9. The summed E-state index contributed by atoms with van der Waals surface area (Å²) in [5.74, 6) is -0.294. The molecule has 0 aromatic heterocycles. The lowest BCUT2D eigenvalue weighted by Crippen LogP contribution is -2.29. The number of rotatable bonds is 7. The summed E-state index contributed by atoms with van der Waals surface area (Å²) in [6.45, 7) is 0. The van der Waals surface area contributed by atoms with Crippen LogP contribution in [0, 0.1) is 0 Å². The zero-order chi connectivity index (χ0) is 21.1. The maximum absolute atomic E-state index is 12.9. The molecule has 1 saturated carbocycles. The van der Waals surface area contributed by atoms with E-state index in [-0.39, 0.29) is 22.9 Å². The van der Waals surface area contributed by atoms with E-state index in [1.165, 1.54) is 24.3 Å². The van der Waals surface area contributed by atoms with Gasteiger partial charge in [-0.25, -0.2) is 13.1 Å². The number of benzene rings is 3. The summed E-state index contributed by atoms with van der Waals surface area (Å²) in [6, 6.07) is 22.6. The van der Waals surface area contributed by atoms with Crippen molar-refractivity contribution in [3.63, 3.8) is 0 Å². The molecule has 3 aromatic carbocycles. The average molecular weight is 441 g/mol. The second kappa shape index (κ2) is 8.60. The highest BCUT2D eigenvalue weighted by molar-refractivity contribution is 7.89. The van der Waals surface area contributed by atoms with Gasteiger partial charge in [-0.15, -0.1) is 0 Å². The molecule has 30 heavy (non-hydrogen) atoms. The van der Waals surface area contributed by atoms with Gasteiger partial charge in [-0.3, -0.25) is 4.79 Å². The van der Waals surface area contributed by atoms with Crippen LogP contribution in [0.15, 0.2) is 83.8 Å². The van der Waals surface area contributed by atoms with Crippen LogP contribution in [-0.4, -0.2) is 20.4 Å². The first kappa shape index (κ1) is 20.6. The Labute approximate surface area is 181 Å². The van der Waals surface area contributed by atoms with Crippen molar-refractivity contribution in [2.24, 2.45) is 0 Å². The molecule has 0 radical (unpaired) electrons. The average Bonchev–Trinajstić information content (AvgIpc) is 3.57. The third kappa shape index (κ3) is 4.90. The summed E-state index contributed by atoms with van der Waals surface area (Å²) in [5, 5.41) is 3.66. The molecule has 0 bridgehead atoms. The van der Waals surface area contributed by atoms with Gasteiger partial charge in [-0.2, -0.15) is 0 Å². The molecule has 4 rings (SSSR count). The van der Waals surface area contributed by atoms with Gasteiger partial charge < -0.3 is 5.32 Å². The van der Waals surface area contributed by atoms with Crippen molar-refractivity contribution in [1.29, 1.82) is 0 Å². The summed E-state index contributed by atoms with van der Waals surface area (Å²) >= 11 is 6.01. The van der Waals surface area contributed by atoms with Crippen LogP contribution in [-0.2, 0) is 10.0 Å². The van der Waals surface area contributed by atoms with E-state index < -0.39 is 10.0 Å². The molecule has 2 N–H and O–H groups in total. The minimum Gasteiger partial charge on any atom is -0.341 e. The van der Waals surface area contributed by atoms with E-state index in [1.54, 1.807) is 12.1 Å². The zero-order valence-electron chi connectivity index (χ0n) is 16.1. The molecule has 5 nitrogen and oxygen atoms in total. The first-order chi connectivity index (χ1) is 14.4. The van der Waals surface area contributed by atoms with Crippen LogP contribution in [0.2, 0.25) is 5.02 Å². The second-order valence-corrected chi connectivity index (χ2v) is 9.44. The Morgan fingerprint density at radius 3 is 2.07 bits per heavy atom. The molecule has 1 fully saturated rings. The van der Waals surface area contributed by atoms with Crippen LogP contribution >= 0.6 is 11.6 Å². The lowest BCUT2D eigenvalue weighted by molar-refractivity contribution is 0.0943. The minimum atomic E-state index is -3.55. The predicted molar refractivity (Wildman–Crippen MR) is 117 cm³/mol. The Morgan fingerprint density at radius 2 is 1.47 bits per heavy atom. The van der Waals surface area contributed by atoms with E-state index >= 15 is 0 Å². The van der Waals surface area contributed by atoms with Gasteiger partial charge >= 0.3 is 0 Å². The van der Waals surface area contributed by atoms with Crippen LogP contribution in [0.4, 0.5) is 0 Å². The van der Waals surface area contributed by atoms with Crippen molar-refractivity contribution in [1.82, 2.24) is 10.0 Å². The van der Waals surface area contributed by atoms with Gasteiger partial charge in [0.15, 0.2) is 0 Å². The number of nitrogens with one attached hydrogen (secondary N) is 2. The van der Waals surface area contributed by atoms with E-state index in [0.29, 0.717) is 10.6 Å². The van der Waals surface area contributed by atoms with Crippen LogP contribution in [0.3, 0.4) is 0 Å². The van der Waals surface area contributed by atoms with Gasteiger partial charge in [0.1, 0.15) is 0 Å². The van der Waals surface area contributed by atoms with Crippen molar-refractivity contribution in [2.45, 2.75) is 29.8 Å². The van der Waals surface area contributed by atoms with Gasteiger partial charge in [-0.1, -0.05) is 54.1 Å². The fourth-order valence-electron chi connectivity index (χ4n) is 3.15. The van der Waals surface area contributed by atoms with Crippen molar-refractivity contribution in [3.05, 3.63) is 101 Å². The van der Waals surface area contributed by atoms with E-state index in [1.807, 2.05) is 42.5 Å². The molecule has 1 unspecified atom stereocenters. The number of hydrogen-bond donors (Lipinski definition) is 2. The van der Waals surface area contributed by atoms with Crippen molar-refractivity contribution in [2.75, 3.05) is 0 Å². The van der Waals surface area contributed by atoms with Gasteiger partial charge in [0.25, 0.3) is 5.91 Å². The summed E-state index contributed by atoms with van der Waals surface area (Å²) in [6.07, 6.45) is 1.73. The molecule has 1 aliphatic rings. The monoisotopic (exact) mass is 440 g/mol. The summed E-state index contributed by atoms with van der Waals surface area (Å²) < 4.78 is 27.3. The molecule has 0 spiro atoms. The molecule has 0 heterocycles. The lowest BCUT2D eigenvalue weighted by Gasteiger charge is -2.20. The maximum Gasteiger partial charge on any atom is 0.252 e. The van der Waals surface area contributed by atoms with E-state index in [4.69, 9.17) is 11.6 Å². The summed E-state index contributed by atoms with van der Waals surface area (Å²) in [4.78, 5) is 13.1. The highest BCUT2D eigenvalue weighted by atomic mass is 35.5. The lowest BCUT2D eigenvalue weighted by atomic mass is 9.98. The zero-order valence-corrected chi connectivity index (χ0v) is 17.7. The smallest absolute Gasteiger partial charge is 0.252 e. The SMILES string of the molecule is O=C(NC(c1ccccc1)c1ccc(Cl)cc1)c1ccc(S(=O)(=O)NC2CC2)cc1. The molecule has 1 amide bonds. The Balaban J connectivity index is 1.55. The first-order valence-electron chi connectivity index (χ1n) is 9.66. The third-order valence-electron chi connectivity index (χ3n) is 4.94. The van der Waals surface area contributed by atoms with Crippen molar-refractivity contribution in [3.8, 4) is 0 Å². The fraction of sp³-hybridized carbons (Fsp3) is 0.174. The predicted octanol–water partition coefficient (Wildman–Crippen LogP) is 4.30. The third-order valence-corrected chi connectivity index (χ3v) is 6.73. The van der Waals surface area contributed by atoms with Crippen LogP contribution in [0.5, 0.6) is 0 Å². The number of hydrogen-bond acceptors (Lipinski definition) is 3. The van der Waals surface area contributed by atoms with Gasteiger partial charge in [-0.05, 0) is 60.4 Å². The molecule has 0 aliphatic heterocycles. The normalized spacial score (nSPS) is 14.8. The van der Waals surface area contributed by atoms with E-state index in [0.717, 1.165) is 24.0 Å². The Kier molecular flexibility index (Phi) is 5.90. The van der Waals surface area contributed by atoms with Gasteiger partial charge in [0, 0.05) is 16.6 Å². The van der Waals surface area contributed by atoms with Gasteiger partial charge in [0.05, 0.1) is 10.9 Å². The molecule has 7 heteroatoms. The summed E-state index contributed by atoms with van der Waals surface area (Å²) in [7, 11) is -3.55. The van der Waals surface area contributed by atoms with Crippen LogP contribution in [0.1, 0.15) is 40.4 Å². The molecular weight excluding hydrogens is 420 g/mol. The van der Waals surface area contributed by atoms with Crippen molar-refractivity contribution < 1.29 is 13.2 Å². The minimum absolute atomic E-state index is 0.0315. The Bertz CT molecular complexity index is 1130. The standard InChI is InChI=1S/C23H21ClN2O3S/c24-19-10-6-17(7-11-19)22(16-4-2-1-3-5-16)25-23(27)18-8-14-21(15-9-18)30(28,29)26-20-12-13-20/h1-11,14-15,20,22,26H,12-13H2,(H,25,27). The molecule has 3 aromatic rings. The molecule has 1 aliphatic carbocycles. The van der Waals surface area contributed by atoms with Crippen LogP contribution in [0.25, 0.3) is 0 Å². The Morgan fingerprint density at radius 1 is 0.867 bits per heavy atom. The largest absolute Gasteiger partial charge is 0.341 e. The number of carbonyl (C=O) groups excluding carboxylic acids is 1. The second-order valence-electron chi connectivity index (χ2n) is 7.29.